The number of fused-ring (bicyclic) bond motifs is 2. The lowest BCUT2D eigenvalue weighted by atomic mass is 10.0. The molecule has 0 saturated carbocycles. The van der Waals surface area contributed by atoms with Gasteiger partial charge in [0.15, 0.2) is 11.5 Å². The van der Waals surface area contributed by atoms with Crippen LogP contribution in [0, 0.1) is 5.92 Å². The highest BCUT2D eigenvalue weighted by Gasteiger charge is 2.22. The summed E-state index contributed by atoms with van der Waals surface area (Å²) in [6, 6.07) is 13.7. The van der Waals surface area contributed by atoms with Crippen LogP contribution in [0.2, 0.25) is 0 Å². The van der Waals surface area contributed by atoms with Gasteiger partial charge in [0, 0.05) is 50.2 Å². The molecule has 3 heterocycles. The van der Waals surface area contributed by atoms with E-state index in [1.54, 1.807) is 29.7 Å². The average Bonchev–Trinajstić information content (AvgIpc) is 3.50. The molecule has 3 aromatic rings. The normalized spacial score (nSPS) is 16.7. The predicted molar refractivity (Wildman–Crippen MR) is 131 cm³/mol. The van der Waals surface area contributed by atoms with Crippen molar-refractivity contribution in [2.75, 3.05) is 51.0 Å². The van der Waals surface area contributed by atoms with Crippen molar-refractivity contribution in [2.24, 2.45) is 5.92 Å². The number of carbonyl (C=O) groups excluding carboxylic acids is 1. The summed E-state index contributed by atoms with van der Waals surface area (Å²) in [5.74, 6) is 2.65. The van der Waals surface area contributed by atoms with Gasteiger partial charge in [0.1, 0.15) is 5.82 Å². The zero-order valence-corrected chi connectivity index (χ0v) is 19.4. The Bertz CT molecular complexity index is 1140. The lowest BCUT2D eigenvalue weighted by Gasteiger charge is -2.36. The van der Waals surface area contributed by atoms with Gasteiger partial charge in [0.05, 0.1) is 4.70 Å². The van der Waals surface area contributed by atoms with E-state index in [4.69, 9.17) is 13.8 Å². The van der Waals surface area contributed by atoms with Crippen LogP contribution in [0.3, 0.4) is 0 Å². The fourth-order valence-corrected chi connectivity index (χ4v) is 5.16. The third-order valence-electron chi connectivity index (χ3n) is 6.29. The van der Waals surface area contributed by atoms with Crippen LogP contribution in [0.25, 0.3) is 10.1 Å². The molecule has 0 unspecified atom stereocenters. The minimum atomic E-state index is -0.0970. The van der Waals surface area contributed by atoms with Gasteiger partial charge in [0.25, 0.3) is 5.91 Å². The summed E-state index contributed by atoms with van der Waals surface area (Å²) < 4.78 is 16.6. The highest BCUT2D eigenvalue weighted by molar-refractivity contribution is 7.13. The zero-order valence-electron chi connectivity index (χ0n) is 18.5. The van der Waals surface area contributed by atoms with Crippen LogP contribution < -0.4 is 19.7 Å². The fourth-order valence-electron chi connectivity index (χ4n) is 4.37. The quantitative estimate of drug-likeness (QED) is 0.512. The SMILES string of the molecule is C=C[C@@H](CCNC(=O)c1ccc2c(c1)OCO2)CN1CCN(c2nsc3ccccc23)CC1. The summed E-state index contributed by atoms with van der Waals surface area (Å²) in [7, 11) is 0. The van der Waals surface area contributed by atoms with Gasteiger partial charge in [-0.15, -0.1) is 6.58 Å². The third kappa shape index (κ3) is 4.82. The number of anilines is 1. The molecule has 2 aromatic carbocycles. The number of nitrogens with zero attached hydrogens (tertiary/aromatic N) is 3. The third-order valence-corrected chi connectivity index (χ3v) is 7.11. The Morgan fingerprint density at radius 3 is 2.82 bits per heavy atom. The van der Waals surface area contributed by atoms with Crippen LogP contribution in [0.5, 0.6) is 11.5 Å². The lowest BCUT2D eigenvalue weighted by molar-refractivity contribution is 0.0950. The van der Waals surface area contributed by atoms with E-state index in [0.717, 1.165) is 45.0 Å². The molecule has 1 amide bonds. The maximum absolute atomic E-state index is 12.5. The molecular weight excluding hydrogens is 436 g/mol. The lowest BCUT2D eigenvalue weighted by Crippen LogP contribution is -2.48. The van der Waals surface area contributed by atoms with Gasteiger partial charge in [0.2, 0.25) is 6.79 Å². The Hall–Kier alpha value is -3.10. The Morgan fingerprint density at radius 1 is 1.15 bits per heavy atom. The summed E-state index contributed by atoms with van der Waals surface area (Å²) in [6.07, 6.45) is 2.86. The minimum absolute atomic E-state index is 0.0970. The molecule has 1 fully saturated rings. The second-order valence-corrected chi connectivity index (χ2v) is 9.20. The predicted octanol–water partition coefficient (Wildman–Crippen LogP) is 3.77. The van der Waals surface area contributed by atoms with E-state index >= 15 is 0 Å². The summed E-state index contributed by atoms with van der Waals surface area (Å²) in [6.45, 7) is 9.73. The number of nitrogens with one attached hydrogen (secondary N) is 1. The number of hydrogen-bond donors (Lipinski definition) is 1. The molecule has 0 aliphatic carbocycles. The van der Waals surface area contributed by atoms with E-state index in [2.05, 4.69) is 46.0 Å². The molecule has 2 aliphatic heterocycles. The Labute approximate surface area is 197 Å². The van der Waals surface area contributed by atoms with Crippen molar-refractivity contribution in [2.45, 2.75) is 6.42 Å². The standard InChI is InChI=1S/C25H28N4O3S/c1-2-18(9-10-26-25(30)19-7-8-21-22(15-19)32-17-31-21)16-28-11-13-29(14-12-28)24-20-5-3-4-6-23(20)33-27-24/h2-8,15,18H,1,9-14,16-17H2,(H,26,30)/t18-/m0/s1. The molecule has 2 aliphatic rings. The van der Waals surface area contributed by atoms with E-state index in [0.29, 0.717) is 29.5 Å². The average molecular weight is 465 g/mol. The number of amides is 1. The number of carbonyl (C=O) groups is 1. The molecule has 0 bridgehead atoms. The van der Waals surface area contributed by atoms with Crippen molar-refractivity contribution < 1.29 is 14.3 Å². The van der Waals surface area contributed by atoms with Crippen LogP contribution in [-0.2, 0) is 0 Å². The molecule has 172 valence electrons. The van der Waals surface area contributed by atoms with Crippen LogP contribution >= 0.6 is 11.5 Å². The van der Waals surface area contributed by atoms with Crippen molar-refractivity contribution >= 4 is 33.3 Å². The molecule has 5 rings (SSSR count). The molecule has 0 spiro atoms. The second-order valence-electron chi connectivity index (χ2n) is 8.40. The van der Waals surface area contributed by atoms with Crippen molar-refractivity contribution in [1.82, 2.24) is 14.6 Å². The summed E-state index contributed by atoms with van der Waals surface area (Å²) in [5.41, 5.74) is 0.583. The zero-order chi connectivity index (χ0) is 22.6. The topological polar surface area (TPSA) is 66.9 Å². The van der Waals surface area contributed by atoms with Gasteiger partial charge in [-0.1, -0.05) is 18.2 Å². The smallest absolute Gasteiger partial charge is 0.251 e. The Kier molecular flexibility index (Phi) is 6.46. The van der Waals surface area contributed by atoms with E-state index in [9.17, 15) is 4.79 Å². The highest BCUT2D eigenvalue weighted by Crippen LogP contribution is 2.32. The number of piperazine rings is 1. The first-order valence-electron chi connectivity index (χ1n) is 11.3. The molecule has 1 N–H and O–H groups in total. The minimum Gasteiger partial charge on any atom is -0.454 e. The van der Waals surface area contributed by atoms with Gasteiger partial charge in [-0.05, 0) is 54.2 Å². The maximum Gasteiger partial charge on any atom is 0.251 e. The van der Waals surface area contributed by atoms with Gasteiger partial charge in [-0.3, -0.25) is 9.69 Å². The monoisotopic (exact) mass is 464 g/mol. The first-order chi connectivity index (χ1) is 16.2. The summed E-state index contributed by atoms with van der Waals surface area (Å²) >= 11 is 1.57. The van der Waals surface area contributed by atoms with E-state index in [1.807, 2.05) is 6.08 Å². The Morgan fingerprint density at radius 2 is 1.97 bits per heavy atom. The van der Waals surface area contributed by atoms with Gasteiger partial charge < -0.3 is 19.7 Å². The fraction of sp³-hybridized carbons (Fsp3) is 0.360. The number of rotatable bonds is 8. The highest BCUT2D eigenvalue weighted by atomic mass is 32.1. The van der Waals surface area contributed by atoms with Crippen LogP contribution in [0.1, 0.15) is 16.8 Å². The summed E-state index contributed by atoms with van der Waals surface area (Å²) in [5, 5.41) is 4.27. The molecule has 1 atom stereocenters. The molecule has 8 heteroatoms. The molecule has 7 nitrogen and oxygen atoms in total. The molecule has 1 saturated heterocycles. The Balaban J connectivity index is 1.08. The van der Waals surface area contributed by atoms with Gasteiger partial charge in [-0.2, -0.15) is 4.37 Å². The van der Waals surface area contributed by atoms with Crippen molar-refractivity contribution in [3.8, 4) is 11.5 Å². The first kappa shape index (κ1) is 21.7. The number of aromatic nitrogens is 1. The van der Waals surface area contributed by atoms with Crippen molar-refractivity contribution in [3.63, 3.8) is 0 Å². The second kappa shape index (κ2) is 9.80. The molecular formula is C25H28N4O3S. The molecule has 1 aromatic heterocycles. The van der Waals surface area contributed by atoms with Crippen molar-refractivity contribution in [3.05, 3.63) is 60.7 Å². The van der Waals surface area contributed by atoms with Crippen LogP contribution in [0.4, 0.5) is 5.82 Å². The van der Waals surface area contributed by atoms with E-state index < -0.39 is 0 Å². The van der Waals surface area contributed by atoms with Crippen LogP contribution in [-0.4, -0.2) is 61.2 Å². The van der Waals surface area contributed by atoms with E-state index in [-0.39, 0.29) is 12.7 Å². The van der Waals surface area contributed by atoms with Gasteiger partial charge in [-0.25, -0.2) is 0 Å². The molecule has 0 radical (unpaired) electrons. The molecule has 33 heavy (non-hydrogen) atoms. The largest absolute Gasteiger partial charge is 0.454 e. The summed E-state index contributed by atoms with van der Waals surface area (Å²) in [4.78, 5) is 17.4. The number of benzene rings is 2. The van der Waals surface area contributed by atoms with E-state index in [1.165, 1.54) is 10.1 Å². The number of ether oxygens (including phenoxy) is 2. The maximum atomic E-state index is 12.5. The number of hydrogen-bond acceptors (Lipinski definition) is 7. The first-order valence-corrected chi connectivity index (χ1v) is 12.1. The van der Waals surface area contributed by atoms with Crippen molar-refractivity contribution in [1.29, 1.82) is 0 Å². The van der Waals surface area contributed by atoms with Crippen LogP contribution in [0.15, 0.2) is 55.1 Å². The van der Waals surface area contributed by atoms with Gasteiger partial charge >= 0.3 is 0 Å².